The van der Waals surface area contributed by atoms with Crippen LogP contribution in [0, 0.1) is 13.8 Å². The molecule has 1 aliphatic heterocycles. The molecule has 5 aromatic carbocycles. The zero-order chi connectivity index (χ0) is 39.0. The SMILES string of the molecule is CCCCOC(=O)NC1=Nc2cc(N(CC)CC)ccc2C(c2ccc(N(CC)c3ccc(C)cc3)cc2)(c2ccc(N(CC)c3ccc(C)cc3)cc2)S1. The summed E-state index contributed by atoms with van der Waals surface area (Å²) in [5.41, 5.74) is 12.2. The van der Waals surface area contributed by atoms with Gasteiger partial charge in [-0.2, -0.15) is 0 Å². The molecule has 286 valence electrons. The first kappa shape index (κ1) is 39.5. The van der Waals surface area contributed by atoms with Crippen LogP contribution in [-0.4, -0.2) is 44.0 Å². The maximum Gasteiger partial charge on any atom is 0.413 e. The van der Waals surface area contributed by atoms with E-state index in [9.17, 15) is 4.79 Å². The smallest absolute Gasteiger partial charge is 0.413 e. The van der Waals surface area contributed by atoms with Gasteiger partial charge in [-0.05, 0) is 120 Å². The van der Waals surface area contributed by atoms with Crippen LogP contribution >= 0.6 is 11.8 Å². The first-order valence-corrected chi connectivity index (χ1v) is 20.6. The summed E-state index contributed by atoms with van der Waals surface area (Å²) < 4.78 is 4.85. The van der Waals surface area contributed by atoms with Crippen molar-refractivity contribution in [2.24, 2.45) is 4.99 Å². The predicted molar refractivity (Wildman–Crippen MR) is 235 cm³/mol. The number of amides is 1. The number of fused-ring (bicyclic) bond motifs is 1. The van der Waals surface area contributed by atoms with E-state index in [4.69, 9.17) is 9.73 Å². The van der Waals surface area contributed by atoms with E-state index >= 15 is 0 Å². The van der Waals surface area contributed by atoms with Crippen LogP contribution in [0.15, 0.2) is 120 Å². The van der Waals surface area contributed by atoms with Gasteiger partial charge in [0.25, 0.3) is 0 Å². The summed E-state index contributed by atoms with van der Waals surface area (Å²) in [5.74, 6) is 0. The molecule has 1 amide bonds. The van der Waals surface area contributed by atoms with Crippen LogP contribution in [0.25, 0.3) is 0 Å². The van der Waals surface area contributed by atoms with Gasteiger partial charge in [0.1, 0.15) is 4.75 Å². The van der Waals surface area contributed by atoms with E-state index in [1.165, 1.54) is 11.1 Å². The Balaban J connectivity index is 1.51. The van der Waals surface area contributed by atoms with Crippen molar-refractivity contribution in [1.29, 1.82) is 0 Å². The molecule has 0 spiro atoms. The van der Waals surface area contributed by atoms with Crippen LogP contribution in [-0.2, 0) is 9.48 Å². The normalized spacial score (nSPS) is 13.0. The molecule has 0 atom stereocenters. The molecule has 0 bridgehead atoms. The molecule has 55 heavy (non-hydrogen) atoms. The van der Waals surface area contributed by atoms with E-state index in [1.54, 1.807) is 11.8 Å². The summed E-state index contributed by atoms with van der Waals surface area (Å²) in [5, 5.41) is 3.54. The number of rotatable bonds is 14. The van der Waals surface area contributed by atoms with Gasteiger partial charge in [-0.1, -0.05) is 90.8 Å². The Hall–Kier alpha value is -5.21. The number of hydrogen-bond acceptors (Lipinski definition) is 7. The molecule has 0 radical (unpaired) electrons. The molecule has 0 aliphatic carbocycles. The maximum absolute atomic E-state index is 13.2. The van der Waals surface area contributed by atoms with Gasteiger partial charge in [0.05, 0.1) is 12.3 Å². The lowest BCUT2D eigenvalue weighted by atomic mass is 9.82. The number of anilines is 5. The number of carbonyl (C=O) groups excluding carboxylic acids is 1. The van der Waals surface area contributed by atoms with Crippen LogP contribution in [0.2, 0.25) is 0 Å². The number of nitrogens with zero attached hydrogens (tertiary/aromatic N) is 4. The van der Waals surface area contributed by atoms with E-state index in [0.29, 0.717) is 11.8 Å². The van der Waals surface area contributed by atoms with Crippen LogP contribution in [0.4, 0.5) is 38.9 Å². The third-order valence-corrected chi connectivity index (χ3v) is 11.8. The van der Waals surface area contributed by atoms with Crippen LogP contribution in [0.1, 0.15) is 75.3 Å². The molecule has 0 saturated carbocycles. The van der Waals surface area contributed by atoms with Crippen molar-refractivity contribution in [1.82, 2.24) is 5.32 Å². The number of carbonyl (C=O) groups is 1. The van der Waals surface area contributed by atoms with Crippen molar-refractivity contribution in [2.45, 2.75) is 66.1 Å². The van der Waals surface area contributed by atoms with Crippen molar-refractivity contribution in [3.63, 3.8) is 0 Å². The first-order chi connectivity index (χ1) is 26.7. The number of unbranched alkanes of at least 4 members (excludes halogenated alkanes) is 1. The molecule has 7 nitrogen and oxygen atoms in total. The Morgan fingerprint density at radius 1 is 0.636 bits per heavy atom. The lowest BCUT2D eigenvalue weighted by molar-refractivity contribution is 0.150. The second kappa shape index (κ2) is 17.9. The van der Waals surface area contributed by atoms with Crippen molar-refractivity contribution >= 4 is 57.1 Å². The Morgan fingerprint density at radius 3 is 1.53 bits per heavy atom. The Bertz CT molecular complexity index is 1960. The molecule has 5 aromatic rings. The van der Waals surface area contributed by atoms with Gasteiger partial charge in [-0.3, -0.25) is 5.32 Å². The van der Waals surface area contributed by atoms with Crippen LogP contribution in [0.3, 0.4) is 0 Å². The summed E-state index contributed by atoms with van der Waals surface area (Å²) in [6, 6.07) is 41.8. The van der Waals surface area contributed by atoms with E-state index in [2.05, 4.69) is 184 Å². The number of ether oxygens (including phenoxy) is 1. The minimum absolute atomic E-state index is 0.362. The zero-order valence-electron chi connectivity index (χ0n) is 33.4. The Kier molecular flexibility index (Phi) is 12.9. The molecule has 0 aromatic heterocycles. The van der Waals surface area contributed by atoms with E-state index in [0.717, 1.165) is 89.8 Å². The van der Waals surface area contributed by atoms with E-state index in [1.807, 2.05) is 0 Å². The molecular formula is C47H55N5O2S. The number of thioether (sulfide) groups is 1. The number of aliphatic imine (C=N–C) groups is 1. The Morgan fingerprint density at radius 2 is 1.09 bits per heavy atom. The molecule has 8 heteroatoms. The number of hydrogen-bond donors (Lipinski definition) is 1. The third kappa shape index (κ3) is 8.55. The van der Waals surface area contributed by atoms with Crippen LogP contribution < -0.4 is 20.0 Å². The quantitative estimate of drug-likeness (QED) is 0.114. The molecule has 0 saturated heterocycles. The lowest BCUT2D eigenvalue weighted by Gasteiger charge is -2.39. The van der Waals surface area contributed by atoms with Gasteiger partial charge >= 0.3 is 6.09 Å². The maximum atomic E-state index is 13.2. The average molecular weight is 754 g/mol. The largest absolute Gasteiger partial charge is 0.449 e. The summed E-state index contributed by atoms with van der Waals surface area (Å²) in [6.45, 7) is 18.8. The fraction of sp³-hybridized carbons (Fsp3) is 0.319. The topological polar surface area (TPSA) is 60.4 Å². The number of nitrogens with one attached hydrogen (secondary N) is 1. The number of amidine groups is 1. The van der Waals surface area contributed by atoms with Crippen molar-refractivity contribution < 1.29 is 9.53 Å². The first-order valence-electron chi connectivity index (χ1n) is 19.7. The summed E-state index contributed by atoms with van der Waals surface area (Å²) in [4.78, 5) is 25.3. The molecule has 1 heterocycles. The molecular weight excluding hydrogens is 699 g/mol. The van der Waals surface area contributed by atoms with Gasteiger partial charge < -0.3 is 19.4 Å². The monoisotopic (exact) mass is 753 g/mol. The van der Waals surface area contributed by atoms with E-state index in [-0.39, 0.29) is 0 Å². The van der Waals surface area contributed by atoms with Crippen molar-refractivity contribution in [2.75, 3.05) is 47.5 Å². The highest BCUT2D eigenvalue weighted by Crippen LogP contribution is 2.55. The van der Waals surface area contributed by atoms with Gasteiger partial charge in [0.2, 0.25) is 0 Å². The zero-order valence-corrected chi connectivity index (χ0v) is 34.2. The fourth-order valence-electron chi connectivity index (χ4n) is 7.34. The number of aryl methyl sites for hydroxylation is 2. The summed E-state index contributed by atoms with van der Waals surface area (Å²) in [7, 11) is 0. The highest BCUT2D eigenvalue weighted by Gasteiger charge is 2.44. The molecule has 0 unspecified atom stereocenters. The Labute approximate surface area is 332 Å². The van der Waals surface area contributed by atoms with Gasteiger partial charge in [-0.15, -0.1) is 0 Å². The molecule has 0 fully saturated rings. The fourth-order valence-corrected chi connectivity index (χ4v) is 8.70. The molecule has 6 rings (SSSR count). The summed E-state index contributed by atoms with van der Waals surface area (Å²) >= 11 is 1.55. The van der Waals surface area contributed by atoms with Gasteiger partial charge in [-0.25, -0.2) is 9.79 Å². The van der Waals surface area contributed by atoms with Crippen LogP contribution in [0.5, 0.6) is 0 Å². The van der Waals surface area contributed by atoms with Gasteiger partial charge in [0, 0.05) is 60.2 Å². The van der Waals surface area contributed by atoms with E-state index < -0.39 is 10.8 Å². The molecule has 1 aliphatic rings. The average Bonchev–Trinajstić information content (AvgIpc) is 3.20. The van der Waals surface area contributed by atoms with Crippen molar-refractivity contribution in [3.8, 4) is 0 Å². The van der Waals surface area contributed by atoms with Crippen molar-refractivity contribution in [3.05, 3.63) is 143 Å². The minimum atomic E-state index is -0.746. The highest BCUT2D eigenvalue weighted by molar-refractivity contribution is 8.15. The highest BCUT2D eigenvalue weighted by atomic mass is 32.2. The second-order valence-corrected chi connectivity index (χ2v) is 15.1. The molecule has 1 N–H and O–H groups in total. The lowest BCUT2D eigenvalue weighted by Crippen LogP contribution is -2.37. The number of alkyl carbamates (subject to hydrolysis) is 1. The van der Waals surface area contributed by atoms with Gasteiger partial charge in [0.15, 0.2) is 5.17 Å². The predicted octanol–water partition coefficient (Wildman–Crippen LogP) is 12.0. The standard InChI is InChI=1S/C47H55N5O2S/c1-8-13-32-54-46(53)49-45-48-44-33-42(50(9-2)10-3)30-31-43(44)47(55-45,36-18-26-40(27-19-36)51(11-4)38-22-14-34(6)15-23-38)37-20-28-41(29-21-37)52(12-5)39-24-16-35(7)17-25-39/h14-31,33H,8-13,32H2,1-7H3,(H,48,49,53). The number of benzene rings is 5. The second-order valence-electron chi connectivity index (χ2n) is 13.9. The minimum Gasteiger partial charge on any atom is -0.449 e. The summed E-state index contributed by atoms with van der Waals surface area (Å²) in [6.07, 6.45) is 1.26. The third-order valence-electron chi connectivity index (χ3n) is 10.4.